The van der Waals surface area contributed by atoms with E-state index in [4.69, 9.17) is 5.73 Å². The summed E-state index contributed by atoms with van der Waals surface area (Å²) in [6.07, 6.45) is 1.31. The second-order valence-electron chi connectivity index (χ2n) is 3.81. The summed E-state index contributed by atoms with van der Waals surface area (Å²) in [6.45, 7) is 5.96. The topological polar surface area (TPSA) is 80.5 Å². The third-order valence-electron chi connectivity index (χ3n) is 1.99. The number of amides is 2. The Bertz CT molecular complexity index is 330. The highest BCUT2D eigenvalue weighted by Crippen LogP contribution is 2.04. The Morgan fingerprint density at radius 3 is 1.94 bits per heavy atom. The lowest BCUT2D eigenvalue weighted by Crippen LogP contribution is -2.50. The van der Waals surface area contributed by atoms with Gasteiger partial charge in [-0.05, 0) is 20.8 Å². The second-order valence-corrected chi connectivity index (χ2v) is 3.81. The van der Waals surface area contributed by atoms with Crippen LogP contribution in [-0.2, 0) is 14.4 Å². The van der Waals surface area contributed by atoms with Crippen LogP contribution >= 0.6 is 0 Å². The van der Waals surface area contributed by atoms with Gasteiger partial charge in [0.05, 0.1) is 0 Å². The lowest BCUT2D eigenvalue weighted by Gasteiger charge is -2.25. The maximum atomic E-state index is 11.7. The fraction of sp³-hybridized carbons (Fsp3) is 0.545. The summed E-state index contributed by atoms with van der Waals surface area (Å²) in [7, 11) is 0. The van der Waals surface area contributed by atoms with Crippen molar-refractivity contribution in [2.75, 3.05) is 6.54 Å². The smallest absolute Gasteiger partial charge is 0.253 e. The van der Waals surface area contributed by atoms with E-state index in [1.165, 1.54) is 19.9 Å². The zero-order chi connectivity index (χ0) is 12.9. The molecule has 0 aromatic rings. The number of allylic oxidation sites excluding steroid dienone is 1. The van der Waals surface area contributed by atoms with Gasteiger partial charge in [0.25, 0.3) is 5.91 Å². The number of carbonyl (C=O) groups excluding carboxylic acids is 3. The third kappa shape index (κ3) is 3.94. The van der Waals surface area contributed by atoms with E-state index >= 15 is 0 Å². The monoisotopic (exact) mass is 226 g/mol. The Labute approximate surface area is 95.3 Å². The summed E-state index contributed by atoms with van der Waals surface area (Å²) in [5.74, 6) is -1.28. The van der Waals surface area contributed by atoms with Gasteiger partial charge in [0.1, 0.15) is 6.04 Å². The molecule has 0 aromatic heterocycles. The van der Waals surface area contributed by atoms with Crippen LogP contribution in [0.3, 0.4) is 0 Å². The lowest BCUT2D eigenvalue weighted by atomic mass is 10.1. The standard InChI is InChI=1S/C11H18N2O3/c1-7(2)5-11(16)13(9(4)15)10(6-12)8(3)14/h5,10H,6,12H2,1-4H3. The predicted molar refractivity (Wildman–Crippen MR) is 60.5 cm³/mol. The molecular formula is C11H18N2O3. The van der Waals surface area contributed by atoms with Gasteiger partial charge in [-0.2, -0.15) is 0 Å². The Morgan fingerprint density at radius 2 is 1.69 bits per heavy atom. The molecule has 0 spiro atoms. The summed E-state index contributed by atoms with van der Waals surface area (Å²) in [4.78, 5) is 35.2. The Balaban J connectivity index is 5.15. The highest BCUT2D eigenvalue weighted by atomic mass is 16.2. The third-order valence-corrected chi connectivity index (χ3v) is 1.99. The predicted octanol–water partition coefficient (Wildman–Crippen LogP) is 0.244. The molecule has 0 fully saturated rings. The van der Waals surface area contributed by atoms with Gasteiger partial charge in [0, 0.05) is 19.5 Å². The maximum absolute atomic E-state index is 11.7. The van der Waals surface area contributed by atoms with Crippen molar-refractivity contribution in [1.82, 2.24) is 4.90 Å². The van der Waals surface area contributed by atoms with Crippen molar-refractivity contribution in [3.63, 3.8) is 0 Å². The van der Waals surface area contributed by atoms with Gasteiger partial charge in [0.2, 0.25) is 5.91 Å². The molecule has 0 radical (unpaired) electrons. The molecule has 1 atom stereocenters. The second kappa shape index (κ2) is 6.17. The molecule has 1 unspecified atom stereocenters. The van der Waals surface area contributed by atoms with E-state index in [1.807, 2.05) is 0 Å². The van der Waals surface area contributed by atoms with Crippen molar-refractivity contribution in [3.05, 3.63) is 11.6 Å². The number of Topliss-reactive ketones (excluding diaryl/α,β-unsaturated/α-hetero) is 1. The zero-order valence-electron chi connectivity index (χ0n) is 10.1. The summed E-state index contributed by atoms with van der Waals surface area (Å²) >= 11 is 0. The Hall–Kier alpha value is -1.49. The van der Waals surface area contributed by atoms with E-state index in [2.05, 4.69) is 0 Å². The van der Waals surface area contributed by atoms with Crippen LogP contribution < -0.4 is 5.73 Å². The van der Waals surface area contributed by atoms with Crippen LogP contribution in [0.15, 0.2) is 11.6 Å². The molecule has 2 N–H and O–H groups in total. The fourth-order valence-corrected chi connectivity index (χ4v) is 1.30. The molecular weight excluding hydrogens is 208 g/mol. The average molecular weight is 226 g/mol. The first-order chi connectivity index (χ1) is 7.31. The molecule has 5 nitrogen and oxygen atoms in total. The van der Waals surface area contributed by atoms with Gasteiger partial charge in [-0.1, -0.05) is 5.57 Å². The summed E-state index contributed by atoms with van der Waals surface area (Å²) in [5.41, 5.74) is 6.15. The molecule has 90 valence electrons. The van der Waals surface area contributed by atoms with E-state index in [0.29, 0.717) is 0 Å². The first-order valence-electron chi connectivity index (χ1n) is 5.00. The lowest BCUT2D eigenvalue weighted by molar-refractivity contribution is -0.147. The van der Waals surface area contributed by atoms with Gasteiger partial charge in [0.15, 0.2) is 5.78 Å². The summed E-state index contributed by atoms with van der Waals surface area (Å²) in [5, 5.41) is 0. The highest BCUT2D eigenvalue weighted by Gasteiger charge is 2.28. The van der Waals surface area contributed by atoms with Gasteiger partial charge < -0.3 is 5.73 Å². The number of hydrogen-bond donors (Lipinski definition) is 1. The molecule has 16 heavy (non-hydrogen) atoms. The number of nitrogens with two attached hydrogens (primary N) is 1. The molecule has 0 bridgehead atoms. The fourth-order valence-electron chi connectivity index (χ4n) is 1.30. The Kier molecular flexibility index (Phi) is 5.60. The van der Waals surface area contributed by atoms with Crippen LogP contribution in [-0.4, -0.2) is 35.1 Å². The van der Waals surface area contributed by atoms with E-state index in [1.54, 1.807) is 13.8 Å². The molecule has 5 heteroatoms. The molecule has 0 aromatic carbocycles. The van der Waals surface area contributed by atoms with Crippen LogP contribution in [0, 0.1) is 0 Å². The quantitative estimate of drug-likeness (QED) is 0.696. The minimum atomic E-state index is -0.874. The van der Waals surface area contributed by atoms with Crippen LogP contribution in [0.1, 0.15) is 27.7 Å². The number of imide groups is 1. The van der Waals surface area contributed by atoms with E-state index in [-0.39, 0.29) is 12.3 Å². The van der Waals surface area contributed by atoms with Crippen LogP contribution in [0.4, 0.5) is 0 Å². The molecule has 0 saturated heterocycles. The number of rotatable bonds is 4. The first kappa shape index (κ1) is 14.5. The normalized spacial score (nSPS) is 11.6. The summed E-state index contributed by atoms with van der Waals surface area (Å²) < 4.78 is 0. The van der Waals surface area contributed by atoms with Crippen molar-refractivity contribution >= 4 is 17.6 Å². The van der Waals surface area contributed by atoms with Crippen molar-refractivity contribution in [2.45, 2.75) is 33.7 Å². The molecule has 0 saturated carbocycles. The van der Waals surface area contributed by atoms with Gasteiger partial charge in [-0.15, -0.1) is 0 Å². The van der Waals surface area contributed by atoms with Crippen LogP contribution in [0.2, 0.25) is 0 Å². The number of hydrogen-bond acceptors (Lipinski definition) is 4. The molecule has 0 aliphatic rings. The molecule has 0 heterocycles. The van der Waals surface area contributed by atoms with Crippen LogP contribution in [0.5, 0.6) is 0 Å². The van der Waals surface area contributed by atoms with Gasteiger partial charge in [-0.3, -0.25) is 19.3 Å². The highest BCUT2D eigenvalue weighted by molar-refractivity contribution is 6.04. The van der Waals surface area contributed by atoms with Gasteiger partial charge in [-0.25, -0.2) is 0 Å². The first-order valence-corrected chi connectivity index (χ1v) is 5.00. The van der Waals surface area contributed by atoms with Gasteiger partial charge >= 0.3 is 0 Å². The van der Waals surface area contributed by atoms with Crippen molar-refractivity contribution in [2.24, 2.45) is 5.73 Å². The maximum Gasteiger partial charge on any atom is 0.253 e. The van der Waals surface area contributed by atoms with Crippen molar-refractivity contribution in [3.8, 4) is 0 Å². The summed E-state index contributed by atoms with van der Waals surface area (Å²) in [6, 6.07) is -0.874. The molecule has 0 rings (SSSR count). The van der Waals surface area contributed by atoms with Crippen molar-refractivity contribution in [1.29, 1.82) is 0 Å². The minimum absolute atomic E-state index is 0.0583. The largest absolute Gasteiger partial charge is 0.328 e. The van der Waals surface area contributed by atoms with Crippen LogP contribution in [0.25, 0.3) is 0 Å². The number of nitrogens with zero attached hydrogens (tertiary/aromatic N) is 1. The zero-order valence-corrected chi connectivity index (χ0v) is 10.1. The SMILES string of the molecule is CC(=O)C(CN)N(C(C)=O)C(=O)C=C(C)C. The number of ketones is 1. The van der Waals surface area contributed by atoms with Crippen molar-refractivity contribution < 1.29 is 14.4 Å². The molecule has 2 amide bonds. The Morgan fingerprint density at radius 1 is 1.19 bits per heavy atom. The van der Waals surface area contributed by atoms with E-state index < -0.39 is 17.9 Å². The molecule has 0 aliphatic carbocycles. The number of carbonyl (C=O) groups is 3. The average Bonchev–Trinajstić information content (AvgIpc) is 2.10. The minimum Gasteiger partial charge on any atom is -0.328 e. The van der Waals surface area contributed by atoms with E-state index in [0.717, 1.165) is 10.5 Å². The van der Waals surface area contributed by atoms with E-state index in [9.17, 15) is 14.4 Å². The molecule has 0 aliphatic heterocycles.